The molecule has 6 nitrogen and oxygen atoms in total. The number of nitrogens with one attached hydrogen (secondary N) is 1. The lowest BCUT2D eigenvalue weighted by Crippen LogP contribution is -2.26. The zero-order valence-electron chi connectivity index (χ0n) is 12.1. The highest BCUT2D eigenvalue weighted by Crippen LogP contribution is 2.30. The fourth-order valence-electron chi connectivity index (χ4n) is 2.78. The third kappa shape index (κ3) is 3.77. The number of hydrogen-bond donors (Lipinski definition) is 1. The SMILES string of the molecule is CCC1CCCC(OC(=O)c2n[nH]c(C)c2S(=O)(=O)Cl)C1. The average molecular weight is 335 g/mol. The standard InChI is InChI=1S/C13H19ClN2O4S/c1-3-9-5-4-6-10(7-9)20-13(17)11-12(21(14,18)19)8(2)15-16-11/h9-10H,3-7H2,1-2H3,(H,15,16). The lowest BCUT2D eigenvalue weighted by molar-refractivity contribution is 0.0129. The molecule has 0 aliphatic heterocycles. The second-order valence-corrected chi connectivity index (χ2v) is 7.94. The van der Waals surface area contributed by atoms with Crippen LogP contribution in [-0.2, 0) is 13.8 Å². The molecular weight excluding hydrogens is 316 g/mol. The fraction of sp³-hybridized carbons (Fsp3) is 0.692. The summed E-state index contributed by atoms with van der Waals surface area (Å²) >= 11 is 0. The summed E-state index contributed by atoms with van der Waals surface area (Å²) in [6.07, 6.45) is 4.64. The molecule has 0 radical (unpaired) electrons. The lowest BCUT2D eigenvalue weighted by Gasteiger charge is -2.27. The van der Waals surface area contributed by atoms with Gasteiger partial charge in [-0.1, -0.05) is 19.8 Å². The average Bonchev–Trinajstić information content (AvgIpc) is 2.81. The molecule has 118 valence electrons. The number of halogens is 1. The fourth-order valence-corrected chi connectivity index (χ4v) is 4.12. The van der Waals surface area contributed by atoms with Crippen molar-refractivity contribution in [3.05, 3.63) is 11.4 Å². The summed E-state index contributed by atoms with van der Waals surface area (Å²) in [5.41, 5.74) is -0.0341. The molecule has 21 heavy (non-hydrogen) atoms. The zero-order valence-corrected chi connectivity index (χ0v) is 13.6. The molecule has 1 heterocycles. The van der Waals surface area contributed by atoms with Crippen LogP contribution in [0.15, 0.2) is 4.90 Å². The first-order valence-corrected chi connectivity index (χ1v) is 9.34. The smallest absolute Gasteiger partial charge is 0.360 e. The van der Waals surface area contributed by atoms with Crippen molar-refractivity contribution in [3.63, 3.8) is 0 Å². The molecule has 0 spiro atoms. The van der Waals surface area contributed by atoms with Crippen LogP contribution in [0.2, 0.25) is 0 Å². The van der Waals surface area contributed by atoms with Crippen LogP contribution in [0.3, 0.4) is 0 Å². The molecule has 0 aromatic carbocycles. The zero-order chi connectivity index (χ0) is 15.6. The summed E-state index contributed by atoms with van der Waals surface area (Å²) in [7, 11) is 1.30. The number of aryl methyl sites for hydroxylation is 1. The molecule has 0 bridgehead atoms. The first kappa shape index (κ1) is 16.3. The monoisotopic (exact) mass is 334 g/mol. The number of ether oxygens (including phenoxy) is 1. The Morgan fingerprint density at radius 2 is 2.19 bits per heavy atom. The van der Waals surface area contributed by atoms with Gasteiger partial charge in [-0.3, -0.25) is 5.10 Å². The highest BCUT2D eigenvalue weighted by atomic mass is 35.7. The van der Waals surface area contributed by atoms with E-state index in [0.29, 0.717) is 5.92 Å². The van der Waals surface area contributed by atoms with Gasteiger partial charge in [0.2, 0.25) is 0 Å². The van der Waals surface area contributed by atoms with Crippen molar-refractivity contribution < 1.29 is 17.9 Å². The van der Waals surface area contributed by atoms with Crippen molar-refractivity contribution in [3.8, 4) is 0 Å². The van der Waals surface area contributed by atoms with E-state index in [2.05, 4.69) is 17.1 Å². The molecule has 1 aliphatic carbocycles. The van der Waals surface area contributed by atoms with Gasteiger partial charge in [-0.05, 0) is 32.1 Å². The van der Waals surface area contributed by atoms with Gasteiger partial charge in [0.15, 0.2) is 5.69 Å². The van der Waals surface area contributed by atoms with Crippen molar-refractivity contribution in [2.45, 2.75) is 57.0 Å². The summed E-state index contributed by atoms with van der Waals surface area (Å²) in [5.74, 6) is -0.186. The maximum atomic E-state index is 12.2. The maximum Gasteiger partial charge on any atom is 0.360 e. The largest absolute Gasteiger partial charge is 0.458 e. The van der Waals surface area contributed by atoms with E-state index < -0.39 is 15.0 Å². The number of carbonyl (C=O) groups excluding carboxylic acids is 1. The molecule has 1 aromatic heterocycles. The molecule has 2 unspecified atom stereocenters. The number of rotatable bonds is 4. The summed E-state index contributed by atoms with van der Waals surface area (Å²) < 4.78 is 28.5. The second kappa shape index (κ2) is 6.36. The number of hydrogen-bond acceptors (Lipinski definition) is 5. The molecule has 8 heteroatoms. The predicted molar refractivity (Wildman–Crippen MR) is 77.8 cm³/mol. The van der Waals surface area contributed by atoms with Crippen LogP contribution in [0.5, 0.6) is 0 Å². The Morgan fingerprint density at radius 3 is 2.81 bits per heavy atom. The van der Waals surface area contributed by atoms with E-state index in [1.807, 2.05) is 0 Å². The highest BCUT2D eigenvalue weighted by molar-refractivity contribution is 8.13. The Morgan fingerprint density at radius 1 is 1.48 bits per heavy atom. The number of esters is 1. The summed E-state index contributed by atoms with van der Waals surface area (Å²) in [6.45, 7) is 3.61. The Balaban J connectivity index is 2.15. The van der Waals surface area contributed by atoms with Gasteiger partial charge in [-0.15, -0.1) is 0 Å². The van der Waals surface area contributed by atoms with Crippen molar-refractivity contribution in [1.29, 1.82) is 0 Å². The number of aromatic nitrogens is 2. The third-order valence-corrected chi connectivity index (χ3v) is 5.36. The minimum atomic E-state index is -4.04. The van der Waals surface area contributed by atoms with E-state index >= 15 is 0 Å². The van der Waals surface area contributed by atoms with Crippen LogP contribution in [0.25, 0.3) is 0 Å². The molecular formula is C13H19ClN2O4S. The van der Waals surface area contributed by atoms with Crippen LogP contribution in [0.1, 0.15) is 55.2 Å². The van der Waals surface area contributed by atoms with Crippen molar-refractivity contribution >= 4 is 25.7 Å². The normalized spacial score (nSPS) is 23.0. The van der Waals surface area contributed by atoms with Gasteiger partial charge in [0.25, 0.3) is 9.05 Å². The van der Waals surface area contributed by atoms with E-state index in [0.717, 1.165) is 32.1 Å². The molecule has 0 amide bonds. The van der Waals surface area contributed by atoms with Gasteiger partial charge in [-0.2, -0.15) is 5.10 Å². The Bertz CT molecular complexity index is 626. The molecule has 1 aliphatic rings. The molecule has 1 saturated carbocycles. The number of carbonyl (C=O) groups is 1. The van der Waals surface area contributed by atoms with E-state index in [1.54, 1.807) is 0 Å². The summed E-state index contributed by atoms with van der Waals surface area (Å²) in [4.78, 5) is 11.9. The van der Waals surface area contributed by atoms with Gasteiger partial charge in [-0.25, -0.2) is 13.2 Å². The van der Waals surface area contributed by atoms with Gasteiger partial charge in [0.05, 0.1) is 5.69 Å². The van der Waals surface area contributed by atoms with Gasteiger partial charge in [0, 0.05) is 10.7 Å². The van der Waals surface area contributed by atoms with E-state index in [-0.39, 0.29) is 22.4 Å². The first-order valence-electron chi connectivity index (χ1n) is 7.03. The van der Waals surface area contributed by atoms with Crippen LogP contribution < -0.4 is 0 Å². The topological polar surface area (TPSA) is 89.1 Å². The molecule has 1 N–H and O–H groups in total. The van der Waals surface area contributed by atoms with Crippen molar-refractivity contribution in [1.82, 2.24) is 10.2 Å². The quantitative estimate of drug-likeness (QED) is 0.675. The Hall–Kier alpha value is -1.08. The van der Waals surface area contributed by atoms with Gasteiger partial charge >= 0.3 is 5.97 Å². The van der Waals surface area contributed by atoms with Crippen LogP contribution in [0.4, 0.5) is 0 Å². The number of nitrogens with zero attached hydrogens (tertiary/aromatic N) is 1. The van der Waals surface area contributed by atoms with Crippen molar-refractivity contribution in [2.75, 3.05) is 0 Å². The molecule has 1 fully saturated rings. The van der Waals surface area contributed by atoms with E-state index in [1.165, 1.54) is 6.92 Å². The third-order valence-electron chi connectivity index (χ3n) is 3.91. The summed E-state index contributed by atoms with van der Waals surface area (Å²) in [5, 5.41) is 6.19. The van der Waals surface area contributed by atoms with Crippen LogP contribution in [0, 0.1) is 12.8 Å². The summed E-state index contributed by atoms with van der Waals surface area (Å²) in [6, 6.07) is 0. The lowest BCUT2D eigenvalue weighted by atomic mass is 9.85. The number of aromatic amines is 1. The maximum absolute atomic E-state index is 12.2. The minimum Gasteiger partial charge on any atom is -0.458 e. The Labute approximate surface area is 128 Å². The predicted octanol–water partition coefficient (Wildman–Crippen LogP) is 2.77. The molecule has 2 rings (SSSR count). The second-order valence-electron chi connectivity index (χ2n) is 5.43. The minimum absolute atomic E-state index is 0.181. The van der Waals surface area contributed by atoms with Crippen LogP contribution >= 0.6 is 10.7 Å². The van der Waals surface area contributed by atoms with Crippen molar-refractivity contribution in [2.24, 2.45) is 5.92 Å². The highest BCUT2D eigenvalue weighted by Gasteiger charge is 2.30. The van der Waals surface area contributed by atoms with Gasteiger partial charge in [0.1, 0.15) is 11.0 Å². The van der Waals surface area contributed by atoms with E-state index in [9.17, 15) is 13.2 Å². The molecule has 2 atom stereocenters. The number of H-pyrrole nitrogens is 1. The van der Waals surface area contributed by atoms with Crippen LogP contribution in [-0.4, -0.2) is 30.7 Å². The van der Waals surface area contributed by atoms with Gasteiger partial charge < -0.3 is 4.74 Å². The molecule has 0 saturated heterocycles. The van der Waals surface area contributed by atoms with E-state index in [4.69, 9.17) is 15.4 Å². The molecule has 1 aromatic rings. The Kier molecular flexibility index (Phi) is 4.93. The first-order chi connectivity index (χ1) is 9.82.